The van der Waals surface area contributed by atoms with Crippen LogP contribution in [0.3, 0.4) is 0 Å². The summed E-state index contributed by atoms with van der Waals surface area (Å²) in [6, 6.07) is 3.15. The molecule has 2 aromatic rings. The van der Waals surface area contributed by atoms with E-state index in [1.165, 1.54) is 6.07 Å². The first-order valence-corrected chi connectivity index (χ1v) is 4.71. The molecule has 0 bridgehead atoms. The van der Waals surface area contributed by atoms with Crippen LogP contribution in [0, 0.1) is 0 Å². The minimum atomic E-state index is -1.06. The zero-order chi connectivity index (χ0) is 10.8. The molecule has 0 amide bonds. The van der Waals surface area contributed by atoms with Gasteiger partial charge in [-0.25, -0.2) is 9.78 Å². The largest absolute Gasteiger partial charge is 0.477 e. The maximum absolute atomic E-state index is 10.7. The number of fused-ring (bicyclic) bond motifs is 1. The van der Waals surface area contributed by atoms with Crippen LogP contribution in [0.4, 0.5) is 0 Å². The molecule has 0 fully saturated rings. The smallest absolute Gasteiger partial charge is 0.354 e. The van der Waals surface area contributed by atoms with Crippen molar-refractivity contribution in [3.05, 3.63) is 23.5 Å². The van der Waals surface area contributed by atoms with E-state index < -0.39 is 5.97 Å². The molecule has 0 aliphatic rings. The average molecular weight is 206 g/mol. The number of nitrogens with zero attached hydrogens (tertiary/aromatic N) is 2. The van der Waals surface area contributed by atoms with E-state index in [9.17, 15) is 4.79 Å². The van der Waals surface area contributed by atoms with Crippen LogP contribution in [-0.4, -0.2) is 21.2 Å². The van der Waals surface area contributed by atoms with Crippen molar-refractivity contribution in [2.75, 3.05) is 0 Å². The molecular formula is C10H10N2O3. The number of aryl methyl sites for hydroxylation is 1. The maximum atomic E-state index is 10.7. The Labute approximate surface area is 85.7 Å². The van der Waals surface area contributed by atoms with Crippen molar-refractivity contribution < 1.29 is 14.4 Å². The van der Waals surface area contributed by atoms with E-state index in [-0.39, 0.29) is 5.69 Å². The Morgan fingerprint density at radius 3 is 3.00 bits per heavy atom. The third-order valence-electron chi connectivity index (χ3n) is 2.12. The number of aromatic nitrogens is 2. The number of hydrogen-bond acceptors (Lipinski definition) is 4. The van der Waals surface area contributed by atoms with Gasteiger partial charge in [-0.1, -0.05) is 18.5 Å². The van der Waals surface area contributed by atoms with Gasteiger partial charge in [-0.05, 0) is 18.6 Å². The molecule has 2 rings (SSSR count). The summed E-state index contributed by atoms with van der Waals surface area (Å²) >= 11 is 0. The second kappa shape index (κ2) is 3.68. The Hall–Kier alpha value is -1.91. The molecule has 0 aliphatic heterocycles. The first-order valence-electron chi connectivity index (χ1n) is 4.71. The van der Waals surface area contributed by atoms with Crippen LogP contribution in [-0.2, 0) is 6.42 Å². The molecule has 1 N–H and O–H groups in total. The highest BCUT2D eigenvalue weighted by atomic mass is 16.5. The van der Waals surface area contributed by atoms with Gasteiger partial charge in [0.05, 0.1) is 11.1 Å². The van der Waals surface area contributed by atoms with Gasteiger partial charge in [0.25, 0.3) is 5.71 Å². The van der Waals surface area contributed by atoms with Crippen molar-refractivity contribution in [1.29, 1.82) is 0 Å². The van der Waals surface area contributed by atoms with Crippen LogP contribution in [0.2, 0.25) is 0 Å². The molecule has 2 heterocycles. The molecule has 2 aromatic heterocycles. The first-order chi connectivity index (χ1) is 7.22. The second-order valence-corrected chi connectivity index (χ2v) is 3.23. The van der Waals surface area contributed by atoms with Crippen molar-refractivity contribution in [2.45, 2.75) is 19.8 Å². The lowest BCUT2D eigenvalue weighted by atomic mass is 10.2. The van der Waals surface area contributed by atoms with Gasteiger partial charge >= 0.3 is 5.97 Å². The summed E-state index contributed by atoms with van der Waals surface area (Å²) in [6.45, 7) is 2.04. The molecule has 5 heteroatoms. The zero-order valence-corrected chi connectivity index (χ0v) is 8.23. The number of aromatic carboxylic acids is 1. The Bertz CT molecular complexity index is 504. The average Bonchev–Trinajstić information content (AvgIpc) is 2.61. The zero-order valence-electron chi connectivity index (χ0n) is 8.23. The molecule has 0 saturated carbocycles. The monoisotopic (exact) mass is 206 g/mol. The summed E-state index contributed by atoms with van der Waals surface area (Å²) in [5.74, 6) is -1.06. The number of carbonyl (C=O) groups is 1. The fraction of sp³-hybridized carbons (Fsp3) is 0.300. The van der Waals surface area contributed by atoms with E-state index in [2.05, 4.69) is 10.1 Å². The summed E-state index contributed by atoms with van der Waals surface area (Å²) in [4.78, 5) is 14.5. The van der Waals surface area contributed by atoms with Gasteiger partial charge in [0, 0.05) is 0 Å². The molecule has 78 valence electrons. The van der Waals surface area contributed by atoms with Gasteiger partial charge in [-0.2, -0.15) is 0 Å². The highest BCUT2D eigenvalue weighted by molar-refractivity contribution is 5.88. The summed E-state index contributed by atoms with van der Waals surface area (Å²) < 4.78 is 4.97. The standard InChI is InChI=1S/C10H10N2O3/c1-2-3-7-6-4-5-8(10(13)14)11-9(6)15-12-7/h4-5H,2-3H2,1H3,(H,13,14). The molecule has 0 aromatic carbocycles. The lowest BCUT2D eigenvalue weighted by Gasteiger charge is -1.93. The highest BCUT2D eigenvalue weighted by Crippen LogP contribution is 2.18. The molecule has 15 heavy (non-hydrogen) atoms. The topological polar surface area (TPSA) is 76.2 Å². The Kier molecular flexibility index (Phi) is 2.37. The molecule has 0 radical (unpaired) electrons. The van der Waals surface area contributed by atoms with Crippen molar-refractivity contribution >= 4 is 17.1 Å². The molecule has 5 nitrogen and oxygen atoms in total. The van der Waals surface area contributed by atoms with Crippen LogP contribution in [0.15, 0.2) is 16.7 Å². The van der Waals surface area contributed by atoms with Gasteiger partial charge in [0.1, 0.15) is 0 Å². The maximum Gasteiger partial charge on any atom is 0.354 e. The van der Waals surface area contributed by atoms with Crippen LogP contribution in [0.25, 0.3) is 11.1 Å². The minimum Gasteiger partial charge on any atom is -0.477 e. The van der Waals surface area contributed by atoms with Gasteiger partial charge in [0.2, 0.25) is 0 Å². The van der Waals surface area contributed by atoms with Gasteiger partial charge in [-0.3, -0.25) is 0 Å². The summed E-state index contributed by atoms with van der Waals surface area (Å²) in [5, 5.41) is 13.4. The quantitative estimate of drug-likeness (QED) is 0.829. The lowest BCUT2D eigenvalue weighted by Crippen LogP contribution is -1.99. The molecule has 0 spiro atoms. The van der Waals surface area contributed by atoms with E-state index in [0.29, 0.717) is 5.71 Å². The van der Waals surface area contributed by atoms with E-state index in [1.54, 1.807) is 6.07 Å². The second-order valence-electron chi connectivity index (χ2n) is 3.23. The van der Waals surface area contributed by atoms with Crippen molar-refractivity contribution in [2.24, 2.45) is 0 Å². The van der Waals surface area contributed by atoms with Crippen LogP contribution in [0.5, 0.6) is 0 Å². The predicted molar refractivity (Wildman–Crippen MR) is 52.8 cm³/mol. The number of pyridine rings is 1. The third-order valence-corrected chi connectivity index (χ3v) is 2.12. The predicted octanol–water partition coefficient (Wildman–Crippen LogP) is 1.87. The van der Waals surface area contributed by atoms with Crippen molar-refractivity contribution in [3.63, 3.8) is 0 Å². The number of rotatable bonds is 3. The van der Waals surface area contributed by atoms with Gasteiger partial charge in [0.15, 0.2) is 5.69 Å². The van der Waals surface area contributed by atoms with E-state index >= 15 is 0 Å². The Morgan fingerprint density at radius 1 is 1.53 bits per heavy atom. The van der Waals surface area contributed by atoms with Gasteiger partial charge < -0.3 is 9.63 Å². The number of carboxylic acids is 1. The molecule has 0 atom stereocenters. The van der Waals surface area contributed by atoms with Crippen molar-refractivity contribution in [1.82, 2.24) is 10.1 Å². The van der Waals surface area contributed by atoms with Crippen LogP contribution >= 0.6 is 0 Å². The van der Waals surface area contributed by atoms with Crippen molar-refractivity contribution in [3.8, 4) is 0 Å². The summed E-state index contributed by atoms with van der Waals surface area (Å²) in [5.41, 5.74) is 1.09. The van der Waals surface area contributed by atoms with E-state index in [4.69, 9.17) is 9.63 Å². The number of carboxylic acid groups (broad SMARTS) is 1. The third kappa shape index (κ3) is 1.68. The fourth-order valence-corrected chi connectivity index (χ4v) is 1.41. The molecular weight excluding hydrogens is 196 g/mol. The first kappa shape index (κ1) is 9.64. The lowest BCUT2D eigenvalue weighted by molar-refractivity contribution is 0.0690. The fourth-order valence-electron chi connectivity index (χ4n) is 1.41. The molecule has 0 aliphatic carbocycles. The van der Waals surface area contributed by atoms with E-state index in [1.807, 2.05) is 6.92 Å². The normalized spacial score (nSPS) is 10.7. The van der Waals surface area contributed by atoms with Gasteiger partial charge in [-0.15, -0.1) is 0 Å². The Morgan fingerprint density at radius 2 is 2.33 bits per heavy atom. The summed E-state index contributed by atoms with van der Waals surface area (Å²) in [7, 11) is 0. The summed E-state index contributed by atoms with van der Waals surface area (Å²) in [6.07, 6.45) is 1.77. The molecule has 0 saturated heterocycles. The van der Waals surface area contributed by atoms with E-state index in [0.717, 1.165) is 23.9 Å². The highest BCUT2D eigenvalue weighted by Gasteiger charge is 2.11. The SMILES string of the molecule is CCCc1noc2nc(C(=O)O)ccc12. The Balaban J connectivity index is 2.51. The number of hydrogen-bond donors (Lipinski definition) is 1. The molecule has 0 unspecified atom stereocenters. The van der Waals surface area contributed by atoms with Crippen LogP contribution in [0.1, 0.15) is 29.5 Å². The van der Waals surface area contributed by atoms with Crippen LogP contribution < -0.4 is 0 Å². The minimum absolute atomic E-state index is 0.0262.